The highest BCUT2D eigenvalue weighted by Gasteiger charge is 2.13. The van der Waals surface area contributed by atoms with Crippen LogP contribution in [-0.4, -0.2) is 10.9 Å². The lowest BCUT2D eigenvalue weighted by atomic mass is 10.1. The topological polar surface area (TPSA) is 55.1 Å². The van der Waals surface area contributed by atoms with Gasteiger partial charge in [-0.15, -0.1) is 0 Å². The van der Waals surface area contributed by atoms with Gasteiger partial charge in [-0.2, -0.15) is 0 Å². The van der Waals surface area contributed by atoms with E-state index in [1.54, 1.807) is 0 Å². The van der Waals surface area contributed by atoms with E-state index < -0.39 is 17.5 Å². The monoisotopic (exact) mass is 418 g/mol. The Bertz CT molecular complexity index is 737. The largest absolute Gasteiger partial charge is 0.389 e. The van der Waals surface area contributed by atoms with E-state index in [1.807, 2.05) is 22.6 Å². The molecule has 7 heteroatoms. The smallest absolute Gasteiger partial charge is 0.256 e. The van der Waals surface area contributed by atoms with Crippen molar-refractivity contribution >= 4 is 51.4 Å². The second kappa shape index (κ2) is 6.44. The lowest BCUT2D eigenvalue weighted by Crippen LogP contribution is -2.15. The van der Waals surface area contributed by atoms with Crippen LogP contribution < -0.4 is 11.1 Å². The number of hydrogen-bond donors (Lipinski definition) is 2. The summed E-state index contributed by atoms with van der Waals surface area (Å²) in [5.74, 6) is -1.62. The number of carbonyl (C=O) groups is 1. The molecule has 2 rings (SSSR count). The predicted octanol–water partition coefficient (Wildman–Crippen LogP) is 3.46. The van der Waals surface area contributed by atoms with Crippen molar-refractivity contribution in [2.75, 3.05) is 5.32 Å². The molecule has 3 nitrogen and oxygen atoms in total. The molecular formula is C14H9F2IN2OS. The number of amides is 1. The molecule has 0 spiro atoms. The number of halogens is 3. The zero-order valence-electron chi connectivity index (χ0n) is 10.5. The van der Waals surface area contributed by atoms with Gasteiger partial charge in [0.1, 0.15) is 16.6 Å². The molecule has 0 aromatic heterocycles. The summed E-state index contributed by atoms with van der Waals surface area (Å²) in [5, 5.41) is 2.43. The van der Waals surface area contributed by atoms with E-state index >= 15 is 0 Å². The van der Waals surface area contributed by atoms with Crippen molar-refractivity contribution in [2.45, 2.75) is 0 Å². The Morgan fingerprint density at radius 3 is 2.48 bits per heavy atom. The molecule has 0 fully saturated rings. The van der Waals surface area contributed by atoms with Crippen molar-refractivity contribution in [1.29, 1.82) is 0 Å². The average Bonchev–Trinajstić information content (AvgIpc) is 2.40. The summed E-state index contributed by atoms with van der Waals surface area (Å²) in [6.45, 7) is 0. The van der Waals surface area contributed by atoms with Gasteiger partial charge in [0.15, 0.2) is 0 Å². The molecule has 0 radical (unpaired) electrons. The number of nitrogens with one attached hydrogen (secondary N) is 1. The fraction of sp³-hybridized carbons (Fsp3) is 0. The summed E-state index contributed by atoms with van der Waals surface area (Å²) in [7, 11) is 0. The lowest BCUT2D eigenvalue weighted by Gasteiger charge is -2.09. The van der Waals surface area contributed by atoms with Gasteiger partial charge < -0.3 is 11.1 Å². The Morgan fingerprint density at radius 1 is 1.19 bits per heavy atom. The average molecular weight is 418 g/mol. The van der Waals surface area contributed by atoms with Crippen LogP contribution in [0.1, 0.15) is 15.9 Å². The Kier molecular flexibility index (Phi) is 4.84. The van der Waals surface area contributed by atoms with Gasteiger partial charge in [-0.3, -0.25) is 4.79 Å². The molecule has 2 aromatic carbocycles. The molecule has 21 heavy (non-hydrogen) atoms. The summed E-state index contributed by atoms with van der Waals surface area (Å²) in [6, 6.07) is 7.77. The summed E-state index contributed by atoms with van der Waals surface area (Å²) in [5.41, 5.74) is 6.03. The van der Waals surface area contributed by atoms with Gasteiger partial charge in [-0.1, -0.05) is 12.2 Å². The van der Waals surface area contributed by atoms with E-state index in [1.165, 1.54) is 30.3 Å². The van der Waals surface area contributed by atoms with E-state index in [2.05, 4.69) is 5.32 Å². The summed E-state index contributed by atoms with van der Waals surface area (Å²) < 4.78 is 27.3. The molecule has 0 saturated heterocycles. The molecule has 0 heterocycles. The SMILES string of the molecule is NC(=S)c1ccc(NC(=O)c2ccc(F)cc2I)c(F)c1. The normalized spacial score (nSPS) is 10.2. The molecule has 0 bridgehead atoms. The third kappa shape index (κ3) is 3.73. The minimum absolute atomic E-state index is 0.000116. The highest BCUT2D eigenvalue weighted by molar-refractivity contribution is 14.1. The van der Waals surface area contributed by atoms with E-state index in [-0.39, 0.29) is 16.2 Å². The fourth-order valence-electron chi connectivity index (χ4n) is 1.63. The first kappa shape index (κ1) is 15.8. The predicted molar refractivity (Wildman–Crippen MR) is 89.4 cm³/mol. The van der Waals surface area contributed by atoms with Crippen LogP contribution in [0, 0.1) is 15.2 Å². The Hall–Kier alpha value is -1.61. The van der Waals surface area contributed by atoms with E-state index in [9.17, 15) is 13.6 Å². The second-order valence-electron chi connectivity index (χ2n) is 4.14. The van der Waals surface area contributed by atoms with Crippen LogP contribution in [0.3, 0.4) is 0 Å². The first-order valence-corrected chi connectivity index (χ1v) is 7.23. The molecule has 0 aliphatic heterocycles. The third-order valence-electron chi connectivity index (χ3n) is 2.68. The van der Waals surface area contributed by atoms with Gasteiger partial charge in [0.2, 0.25) is 0 Å². The maximum Gasteiger partial charge on any atom is 0.256 e. The minimum atomic E-state index is -0.647. The van der Waals surface area contributed by atoms with Crippen LogP contribution in [-0.2, 0) is 0 Å². The molecule has 0 atom stereocenters. The van der Waals surface area contributed by atoms with Crippen LogP contribution in [0.4, 0.5) is 14.5 Å². The number of nitrogens with two attached hydrogens (primary N) is 1. The number of benzene rings is 2. The lowest BCUT2D eigenvalue weighted by molar-refractivity contribution is 0.102. The van der Waals surface area contributed by atoms with E-state index in [4.69, 9.17) is 18.0 Å². The molecular weight excluding hydrogens is 409 g/mol. The highest BCUT2D eigenvalue weighted by atomic mass is 127. The zero-order chi connectivity index (χ0) is 15.6. The van der Waals surface area contributed by atoms with Crippen molar-refractivity contribution in [1.82, 2.24) is 0 Å². The van der Waals surface area contributed by atoms with Crippen LogP contribution in [0.5, 0.6) is 0 Å². The van der Waals surface area contributed by atoms with Gasteiger partial charge in [-0.05, 0) is 59.0 Å². The Morgan fingerprint density at radius 2 is 1.90 bits per heavy atom. The summed E-state index contributed by atoms with van der Waals surface area (Å²) in [4.78, 5) is 12.1. The molecule has 0 saturated carbocycles. The summed E-state index contributed by atoms with van der Waals surface area (Å²) in [6.07, 6.45) is 0. The van der Waals surface area contributed by atoms with Gasteiger partial charge in [0.05, 0.1) is 11.3 Å². The number of hydrogen-bond acceptors (Lipinski definition) is 2. The van der Waals surface area contributed by atoms with Crippen molar-refractivity contribution in [2.24, 2.45) is 5.73 Å². The van der Waals surface area contributed by atoms with Crippen LogP contribution >= 0.6 is 34.8 Å². The van der Waals surface area contributed by atoms with Crippen LogP contribution in [0.25, 0.3) is 0 Å². The zero-order valence-corrected chi connectivity index (χ0v) is 13.5. The summed E-state index contributed by atoms with van der Waals surface area (Å²) >= 11 is 6.58. The van der Waals surface area contributed by atoms with Gasteiger partial charge in [0, 0.05) is 9.13 Å². The first-order valence-electron chi connectivity index (χ1n) is 5.74. The van der Waals surface area contributed by atoms with E-state index in [0.29, 0.717) is 9.13 Å². The number of anilines is 1. The maximum atomic E-state index is 13.9. The van der Waals surface area contributed by atoms with Crippen molar-refractivity contribution in [3.05, 3.63) is 62.7 Å². The number of rotatable bonds is 3. The number of thiocarbonyl (C=S) groups is 1. The molecule has 108 valence electrons. The highest BCUT2D eigenvalue weighted by Crippen LogP contribution is 2.19. The fourth-order valence-corrected chi connectivity index (χ4v) is 2.48. The minimum Gasteiger partial charge on any atom is -0.389 e. The molecule has 1 amide bonds. The Labute approximate surface area is 138 Å². The van der Waals surface area contributed by atoms with E-state index in [0.717, 1.165) is 6.07 Å². The van der Waals surface area contributed by atoms with Crippen LogP contribution in [0.2, 0.25) is 0 Å². The maximum absolute atomic E-state index is 13.9. The van der Waals surface area contributed by atoms with Crippen molar-refractivity contribution < 1.29 is 13.6 Å². The quantitative estimate of drug-likeness (QED) is 0.593. The second-order valence-corrected chi connectivity index (χ2v) is 5.74. The Balaban J connectivity index is 2.25. The van der Waals surface area contributed by atoms with Gasteiger partial charge in [-0.25, -0.2) is 8.78 Å². The molecule has 0 aliphatic rings. The molecule has 0 aliphatic carbocycles. The van der Waals surface area contributed by atoms with Crippen LogP contribution in [0.15, 0.2) is 36.4 Å². The van der Waals surface area contributed by atoms with Crippen molar-refractivity contribution in [3.63, 3.8) is 0 Å². The molecule has 3 N–H and O–H groups in total. The number of carbonyl (C=O) groups excluding carboxylic acids is 1. The van der Waals surface area contributed by atoms with Crippen molar-refractivity contribution in [3.8, 4) is 0 Å². The van der Waals surface area contributed by atoms with Gasteiger partial charge in [0.25, 0.3) is 5.91 Å². The van der Waals surface area contributed by atoms with Gasteiger partial charge >= 0.3 is 0 Å². The molecule has 0 unspecified atom stereocenters. The standard InChI is InChI=1S/C14H9F2IN2OS/c15-8-2-3-9(11(17)6-8)14(20)19-12-4-1-7(13(18)21)5-10(12)16/h1-6H,(H2,18,21)(H,19,20). The molecule has 2 aromatic rings. The first-order chi connectivity index (χ1) is 9.88. The third-order valence-corrected chi connectivity index (χ3v) is 3.81.